The standard InChI is InChI=1S/C24H25Cl3F4N2O2/c1-12(2)32-21(34)14-9-22(28,10-14)15-5-3-13(4-6-15)19-11-23(35-33-19,24(29,30)31)16-7-17(25)20(27)18(26)8-16/h3-8,12,14,17,20-21,32,34H,9-11H2,1-2H3. The summed E-state index contributed by atoms with van der Waals surface area (Å²) in [7, 11) is 0. The number of halogens is 7. The number of oxime groups is 1. The smallest absolute Gasteiger partial charge is 0.378 e. The average molecular weight is 556 g/mol. The number of allylic oxidation sites excluding steroid dienone is 2. The lowest BCUT2D eigenvalue weighted by Gasteiger charge is -2.44. The van der Waals surface area contributed by atoms with Crippen LogP contribution >= 0.6 is 34.8 Å². The Bertz CT molecular complexity index is 1050. The summed E-state index contributed by atoms with van der Waals surface area (Å²) < 4.78 is 58.0. The first-order valence-electron chi connectivity index (χ1n) is 11.2. The van der Waals surface area contributed by atoms with Crippen molar-refractivity contribution in [1.29, 1.82) is 0 Å². The summed E-state index contributed by atoms with van der Waals surface area (Å²) in [5.41, 5.74) is -3.78. The van der Waals surface area contributed by atoms with Gasteiger partial charge in [-0.1, -0.05) is 47.1 Å². The van der Waals surface area contributed by atoms with Crippen LogP contribution < -0.4 is 5.32 Å². The predicted octanol–water partition coefficient (Wildman–Crippen LogP) is 6.28. The van der Waals surface area contributed by atoms with Gasteiger partial charge in [-0.15, -0.1) is 23.2 Å². The SMILES string of the molecule is CC(C)NC(O)C1CC(F)(c2ccc(C3=NOC(C4=CC(Cl)C(Cl)C(Cl)=C4)(C(F)(F)F)C3)cc2)C1. The monoisotopic (exact) mass is 554 g/mol. The number of benzene rings is 1. The van der Waals surface area contributed by atoms with Crippen molar-refractivity contribution in [1.82, 2.24) is 5.32 Å². The van der Waals surface area contributed by atoms with Gasteiger partial charge in [-0.3, -0.25) is 5.32 Å². The zero-order chi connectivity index (χ0) is 25.8. The van der Waals surface area contributed by atoms with Crippen LogP contribution in [0.5, 0.6) is 0 Å². The molecule has 4 rings (SSSR count). The molecule has 3 aliphatic rings. The van der Waals surface area contributed by atoms with Crippen LogP contribution in [-0.2, 0) is 10.5 Å². The van der Waals surface area contributed by atoms with Crippen molar-refractivity contribution in [2.45, 2.75) is 73.6 Å². The molecule has 1 aromatic rings. The summed E-state index contributed by atoms with van der Waals surface area (Å²) >= 11 is 18.1. The van der Waals surface area contributed by atoms with Crippen LogP contribution in [0, 0.1) is 5.92 Å². The third-order valence-electron chi connectivity index (χ3n) is 6.69. The van der Waals surface area contributed by atoms with E-state index in [1.165, 1.54) is 30.3 Å². The molecule has 11 heteroatoms. The molecule has 0 aromatic heterocycles. The summed E-state index contributed by atoms with van der Waals surface area (Å²) in [5, 5.41) is 15.0. The first-order chi connectivity index (χ1) is 16.3. The molecule has 1 fully saturated rings. The molecule has 1 heterocycles. The lowest BCUT2D eigenvalue weighted by atomic mass is 9.67. The van der Waals surface area contributed by atoms with E-state index in [0.29, 0.717) is 11.1 Å². The van der Waals surface area contributed by atoms with E-state index in [1.807, 2.05) is 13.8 Å². The van der Waals surface area contributed by atoms with Gasteiger partial charge in [0.25, 0.3) is 5.60 Å². The van der Waals surface area contributed by atoms with Crippen molar-refractivity contribution < 1.29 is 27.5 Å². The van der Waals surface area contributed by atoms with Crippen molar-refractivity contribution in [3.8, 4) is 0 Å². The van der Waals surface area contributed by atoms with E-state index in [2.05, 4.69) is 10.5 Å². The summed E-state index contributed by atoms with van der Waals surface area (Å²) in [5.74, 6) is -0.218. The van der Waals surface area contributed by atoms with Crippen LogP contribution in [0.3, 0.4) is 0 Å². The summed E-state index contributed by atoms with van der Waals surface area (Å²) in [6, 6.07) is 6.19. The second kappa shape index (κ2) is 9.53. The van der Waals surface area contributed by atoms with Gasteiger partial charge in [0.1, 0.15) is 11.9 Å². The number of nitrogens with zero attached hydrogens (tertiary/aromatic N) is 1. The second-order valence-electron chi connectivity index (χ2n) is 9.61. The first kappa shape index (κ1) is 26.7. The van der Waals surface area contributed by atoms with E-state index in [4.69, 9.17) is 39.6 Å². The second-order valence-corrected chi connectivity index (χ2v) is 11.0. The highest BCUT2D eigenvalue weighted by molar-refractivity contribution is 6.41. The molecule has 0 spiro atoms. The summed E-state index contributed by atoms with van der Waals surface area (Å²) in [6.07, 6.45) is -3.61. The van der Waals surface area contributed by atoms with Gasteiger partial charge in [-0.05, 0) is 43.9 Å². The molecule has 0 amide bonds. The molecule has 4 atom stereocenters. The number of hydrogen-bond acceptors (Lipinski definition) is 4. The van der Waals surface area contributed by atoms with Crippen LogP contribution in [-0.4, -0.2) is 45.6 Å². The van der Waals surface area contributed by atoms with Crippen molar-refractivity contribution in [3.63, 3.8) is 0 Å². The van der Waals surface area contributed by atoms with E-state index >= 15 is 4.39 Å². The van der Waals surface area contributed by atoms with Crippen molar-refractivity contribution >= 4 is 40.5 Å². The van der Waals surface area contributed by atoms with Crippen molar-refractivity contribution in [3.05, 3.63) is 58.1 Å². The van der Waals surface area contributed by atoms with Gasteiger partial charge in [0.2, 0.25) is 0 Å². The molecule has 35 heavy (non-hydrogen) atoms. The largest absolute Gasteiger partial charge is 0.435 e. The Balaban J connectivity index is 1.50. The Hall–Kier alpha value is -1.32. The van der Waals surface area contributed by atoms with Gasteiger partial charge >= 0.3 is 6.18 Å². The van der Waals surface area contributed by atoms with Gasteiger partial charge in [-0.25, -0.2) is 4.39 Å². The van der Waals surface area contributed by atoms with E-state index < -0.39 is 40.8 Å². The molecule has 2 aliphatic carbocycles. The Morgan fingerprint density at radius 1 is 1.17 bits per heavy atom. The molecular formula is C24H25Cl3F4N2O2. The number of alkyl halides is 6. The Kier molecular flexibility index (Phi) is 7.28. The third-order valence-corrected chi connectivity index (χ3v) is 8.15. The maximum Gasteiger partial charge on any atom is 0.435 e. The molecule has 1 aliphatic heterocycles. The molecule has 0 bridgehead atoms. The summed E-state index contributed by atoms with van der Waals surface area (Å²) in [6.45, 7) is 3.79. The van der Waals surface area contributed by atoms with Crippen LogP contribution in [0.1, 0.15) is 44.2 Å². The Labute approximate surface area is 215 Å². The fraction of sp³-hybridized carbons (Fsp3) is 0.542. The van der Waals surface area contributed by atoms with E-state index in [-0.39, 0.29) is 41.1 Å². The topological polar surface area (TPSA) is 53.8 Å². The number of aliphatic hydroxyl groups is 1. The van der Waals surface area contributed by atoms with Crippen LogP contribution in [0.15, 0.2) is 52.2 Å². The molecule has 192 valence electrons. The zero-order valence-electron chi connectivity index (χ0n) is 18.9. The zero-order valence-corrected chi connectivity index (χ0v) is 21.2. The fourth-order valence-corrected chi connectivity index (χ4v) is 5.39. The molecule has 2 N–H and O–H groups in total. The van der Waals surface area contributed by atoms with E-state index in [9.17, 15) is 18.3 Å². The van der Waals surface area contributed by atoms with E-state index in [0.717, 1.165) is 6.08 Å². The molecular weight excluding hydrogens is 531 g/mol. The highest BCUT2D eigenvalue weighted by Gasteiger charge is 2.63. The maximum absolute atomic E-state index is 15.3. The van der Waals surface area contributed by atoms with Crippen molar-refractivity contribution in [2.24, 2.45) is 11.1 Å². The average Bonchev–Trinajstić information content (AvgIpc) is 3.21. The van der Waals surface area contributed by atoms with Gasteiger partial charge in [0.15, 0.2) is 0 Å². The fourth-order valence-electron chi connectivity index (χ4n) is 4.66. The van der Waals surface area contributed by atoms with Crippen LogP contribution in [0.4, 0.5) is 17.6 Å². The van der Waals surface area contributed by atoms with Gasteiger partial charge in [-0.2, -0.15) is 13.2 Å². The minimum atomic E-state index is -4.82. The molecule has 0 radical (unpaired) electrons. The molecule has 1 saturated carbocycles. The van der Waals surface area contributed by atoms with E-state index in [1.54, 1.807) is 0 Å². The predicted molar refractivity (Wildman–Crippen MR) is 129 cm³/mol. The van der Waals surface area contributed by atoms with Gasteiger partial charge in [0.05, 0.1) is 16.5 Å². The molecule has 4 nitrogen and oxygen atoms in total. The van der Waals surface area contributed by atoms with Crippen molar-refractivity contribution in [2.75, 3.05) is 0 Å². The quantitative estimate of drug-likeness (QED) is 0.247. The minimum absolute atomic E-state index is 0.0186. The number of hydrogen-bond donors (Lipinski definition) is 2. The minimum Gasteiger partial charge on any atom is -0.378 e. The summed E-state index contributed by atoms with van der Waals surface area (Å²) in [4.78, 5) is 5.03. The number of nitrogens with one attached hydrogen (secondary N) is 1. The normalized spacial score (nSPS) is 34.0. The maximum atomic E-state index is 15.3. The lowest BCUT2D eigenvalue weighted by molar-refractivity contribution is -0.252. The Morgan fingerprint density at radius 2 is 1.80 bits per heavy atom. The highest BCUT2D eigenvalue weighted by atomic mass is 35.5. The lowest BCUT2D eigenvalue weighted by Crippen LogP contribution is -2.50. The van der Waals surface area contributed by atoms with Crippen LogP contribution in [0.2, 0.25) is 0 Å². The third kappa shape index (κ3) is 4.97. The van der Waals surface area contributed by atoms with Crippen LogP contribution in [0.25, 0.3) is 0 Å². The first-order valence-corrected chi connectivity index (χ1v) is 12.4. The molecule has 0 saturated heterocycles. The molecule has 4 unspecified atom stereocenters. The molecule has 1 aromatic carbocycles. The number of rotatable bonds is 6. The highest BCUT2D eigenvalue weighted by Crippen LogP contribution is 2.51. The number of aliphatic hydroxyl groups excluding tert-OH is 1. The van der Waals surface area contributed by atoms with Gasteiger partial charge in [0, 0.05) is 29.0 Å². The van der Waals surface area contributed by atoms with Gasteiger partial charge < -0.3 is 9.94 Å². The Morgan fingerprint density at radius 3 is 2.34 bits per heavy atom.